The Morgan fingerprint density at radius 2 is 2.00 bits per heavy atom. The van der Waals surface area contributed by atoms with Crippen molar-refractivity contribution in [3.8, 4) is 0 Å². The first kappa shape index (κ1) is 14.1. The monoisotopic (exact) mass is 240 g/mol. The highest BCUT2D eigenvalue weighted by atomic mass is 16.5. The molecular weight excluding hydrogens is 216 g/mol. The van der Waals surface area contributed by atoms with Gasteiger partial charge in [0.2, 0.25) is 5.89 Å². The minimum atomic E-state index is 0.199. The van der Waals surface area contributed by atoms with Crippen LogP contribution in [0.5, 0.6) is 0 Å². The second kappa shape index (κ2) is 7.40. The third kappa shape index (κ3) is 4.09. The summed E-state index contributed by atoms with van der Waals surface area (Å²) in [6.45, 7) is 10.1. The molecule has 0 aliphatic heterocycles. The van der Waals surface area contributed by atoms with Crippen LogP contribution in [0.4, 0.5) is 0 Å². The SMILES string of the molecule is CCC(CN)c1nc(CCN(CC)CC)no1. The molecule has 0 radical (unpaired) electrons. The zero-order valence-electron chi connectivity index (χ0n) is 11.1. The molecule has 1 heterocycles. The van der Waals surface area contributed by atoms with Gasteiger partial charge in [0.25, 0.3) is 0 Å². The molecule has 2 N–H and O–H groups in total. The van der Waals surface area contributed by atoms with Crippen LogP contribution in [0, 0.1) is 0 Å². The van der Waals surface area contributed by atoms with Crippen LogP contribution in [0.2, 0.25) is 0 Å². The van der Waals surface area contributed by atoms with E-state index in [1.165, 1.54) is 0 Å². The number of likely N-dealkylation sites (N-methyl/N-ethyl adjacent to an activating group) is 1. The molecule has 5 heteroatoms. The first-order chi connectivity index (χ1) is 8.24. The Kier molecular flexibility index (Phi) is 6.15. The third-order valence-corrected chi connectivity index (χ3v) is 3.16. The lowest BCUT2D eigenvalue weighted by atomic mass is 10.1. The van der Waals surface area contributed by atoms with Crippen LogP contribution in [0.25, 0.3) is 0 Å². The number of hydrogen-bond donors (Lipinski definition) is 1. The molecular formula is C12H24N4O. The maximum atomic E-state index is 5.65. The molecule has 1 rings (SSSR count). The Balaban J connectivity index is 2.50. The Labute approximate surface area is 103 Å². The summed E-state index contributed by atoms with van der Waals surface area (Å²) >= 11 is 0. The summed E-state index contributed by atoms with van der Waals surface area (Å²) in [5.41, 5.74) is 5.65. The molecule has 98 valence electrons. The predicted molar refractivity (Wildman–Crippen MR) is 67.9 cm³/mol. The molecule has 1 atom stereocenters. The fourth-order valence-electron chi connectivity index (χ4n) is 1.77. The largest absolute Gasteiger partial charge is 0.339 e. The van der Waals surface area contributed by atoms with Crippen molar-refractivity contribution in [1.82, 2.24) is 15.0 Å². The molecule has 0 bridgehead atoms. The summed E-state index contributed by atoms with van der Waals surface area (Å²) in [5, 5.41) is 4.01. The standard InChI is InChI=1S/C12H24N4O/c1-4-10(9-13)12-14-11(15-17-12)7-8-16(5-2)6-3/h10H,4-9,13H2,1-3H3. The molecule has 17 heavy (non-hydrogen) atoms. The molecule has 1 aromatic rings. The number of rotatable bonds is 8. The minimum absolute atomic E-state index is 0.199. The Morgan fingerprint density at radius 3 is 2.53 bits per heavy atom. The van der Waals surface area contributed by atoms with Gasteiger partial charge in [-0.3, -0.25) is 0 Å². The van der Waals surface area contributed by atoms with Gasteiger partial charge in [-0.05, 0) is 19.5 Å². The lowest BCUT2D eigenvalue weighted by Crippen LogP contribution is -2.25. The molecule has 0 aromatic carbocycles. The van der Waals surface area contributed by atoms with Crippen molar-refractivity contribution >= 4 is 0 Å². The minimum Gasteiger partial charge on any atom is -0.339 e. The highest BCUT2D eigenvalue weighted by Gasteiger charge is 2.15. The van der Waals surface area contributed by atoms with E-state index < -0.39 is 0 Å². The van der Waals surface area contributed by atoms with Gasteiger partial charge in [-0.1, -0.05) is 25.9 Å². The second-order valence-corrected chi connectivity index (χ2v) is 4.17. The van der Waals surface area contributed by atoms with E-state index in [1.54, 1.807) is 0 Å². The normalized spacial score (nSPS) is 13.2. The van der Waals surface area contributed by atoms with E-state index in [9.17, 15) is 0 Å². The van der Waals surface area contributed by atoms with E-state index in [2.05, 4.69) is 35.8 Å². The van der Waals surface area contributed by atoms with E-state index in [-0.39, 0.29) is 5.92 Å². The topological polar surface area (TPSA) is 68.2 Å². The number of nitrogens with two attached hydrogens (primary N) is 1. The van der Waals surface area contributed by atoms with Gasteiger partial charge in [0.1, 0.15) is 0 Å². The van der Waals surface area contributed by atoms with Gasteiger partial charge in [-0.2, -0.15) is 4.98 Å². The van der Waals surface area contributed by atoms with Gasteiger partial charge in [-0.25, -0.2) is 0 Å². The van der Waals surface area contributed by atoms with Crippen molar-refractivity contribution in [1.29, 1.82) is 0 Å². The van der Waals surface area contributed by atoms with Crippen LogP contribution < -0.4 is 5.73 Å². The summed E-state index contributed by atoms with van der Waals surface area (Å²) in [5.74, 6) is 1.67. The van der Waals surface area contributed by atoms with Gasteiger partial charge in [0, 0.05) is 19.5 Å². The van der Waals surface area contributed by atoms with Crippen molar-refractivity contribution in [2.45, 2.75) is 39.5 Å². The van der Waals surface area contributed by atoms with Crippen LogP contribution in [0.3, 0.4) is 0 Å². The summed E-state index contributed by atoms with van der Waals surface area (Å²) in [6, 6.07) is 0. The quantitative estimate of drug-likeness (QED) is 0.744. The molecule has 1 unspecified atom stereocenters. The Morgan fingerprint density at radius 1 is 1.29 bits per heavy atom. The molecule has 0 saturated heterocycles. The predicted octanol–water partition coefficient (Wildman–Crippen LogP) is 1.41. The second-order valence-electron chi connectivity index (χ2n) is 4.17. The molecule has 0 aliphatic rings. The maximum absolute atomic E-state index is 5.65. The fraction of sp³-hybridized carbons (Fsp3) is 0.833. The number of nitrogens with zero attached hydrogens (tertiary/aromatic N) is 3. The molecule has 0 aliphatic carbocycles. The highest BCUT2D eigenvalue weighted by molar-refractivity contribution is 4.94. The lowest BCUT2D eigenvalue weighted by Gasteiger charge is -2.16. The summed E-state index contributed by atoms with van der Waals surface area (Å²) in [4.78, 5) is 6.75. The average Bonchev–Trinajstić information content (AvgIpc) is 2.81. The van der Waals surface area contributed by atoms with Crippen molar-refractivity contribution in [2.24, 2.45) is 5.73 Å². The summed E-state index contributed by atoms with van der Waals surface area (Å²) in [7, 11) is 0. The smallest absolute Gasteiger partial charge is 0.231 e. The highest BCUT2D eigenvalue weighted by Crippen LogP contribution is 2.15. The van der Waals surface area contributed by atoms with E-state index in [0.717, 1.165) is 38.3 Å². The first-order valence-corrected chi connectivity index (χ1v) is 6.49. The molecule has 5 nitrogen and oxygen atoms in total. The average molecular weight is 240 g/mol. The maximum Gasteiger partial charge on any atom is 0.231 e. The number of aromatic nitrogens is 2. The van der Waals surface area contributed by atoms with E-state index >= 15 is 0 Å². The van der Waals surface area contributed by atoms with Crippen molar-refractivity contribution in [3.63, 3.8) is 0 Å². The van der Waals surface area contributed by atoms with E-state index in [1.807, 2.05) is 0 Å². The first-order valence-electron chi connectivity index (χ1n) is 6.49. The van der Waals surface area contributed by atoms with Crippen LogP contribution in [0.15, 0.2) is 4.52 Å². The van der Waals surface area contributed by atoms with Crippen LogP contribution in [-0.2, 0) is 6.42 Å². The Bertz CT molecular complexity index is 305. The Hall–Kier alpha value is -0.940. The van der Waals surface area contributed by atoms with E-state index in [0.29, 0.717) is 12.4 Å². The van der Waals surface area contributed by atoms with Gasteiger partial charge in [0.15, 0.2) is 5.82 Å². The van der Waals surface area contributed by atoms with Gasteiger partial charge in [-0.15, -0.1) is 0 Å². The molecule has 0 saturated carbocycles. The van der Waals surface area contributed by atoms with Gasteiger partial charge < -0.3 is 15.2 Å². The van der Waals surface area contributed by atoms with Crippen LogP contribution >= 0.6 is 0 Å². The van der Waals surface area contributed by atoms with Crippen LogP contribution in [-0.4, -0.2) is 41.2 Å². The number of hydrogen-bond acceptors (Lipinski definition) is 5. The van der Waals surface area contributed by atoms with Crippen molar-refractivity contribution < 1.29 is 4.52 Å². The molecule has 0 amide bonds. The zero-order chi connectivity index (χ0) is 12.7. The van der Waals surface area contributed by atoms with Gasteiger partial charge >= 0.3 is 0 Å². The summed E-state index contributed by atoms with van der Waals surface area (Å²) < 4.78 is 5.25. The lowest BCUT2D eigenvalue weighted by molar-refractivity contribution is 0.302. The zero-order valence-corrected chi connectivity index (χ0v) is 11.1. The van der Waals surface area contributed by atoms with Crippen molar-refractivity contribution in [2.75, 3.05) is 26.2 Å². The summed E-state index contributed by atoms with van der Waals surface area (Å²) in [6.07, 6.45) is 1.78. The van der Waals surface area contributed by atoms with E-state index in [4.69, 9.17) is 10.3 Å². The third-order valence-electron chi connectivity index (χ3n) is 3.16. The molecule has 0 spiro atoms. The molecule has 0 fully saturated rings. The molecule has 1 aromatic heterocycles. The van der Waals surface area contributed by atoms with Crippen molar-refractivity contribution in [3.05, 3.63) is 11.7 Å². The van der Waals surface area contributed by atoms with Gasteiger partial charge in [0.05, 0.1) is 5.92 Å². The fourth-order valence-corrected chi connectivity index (χ4v) is 1.77. The van der Waals surface area contributed by atoms with Crippen LogP contribution in [0.1, 0.15) is 44.8 Å².